The van der Waals surface area contributed by atoms with E-state index in [1.807, 2.05) is 12.1 Å². The van der Waals surface area contributed by atoms with Gasteiger partial charge in [0.1, 0.15) is 0 Å². The molecule has 0 amide bonds. The van der Waals surface area contributed by atoms with Gasteiger partial charge in [-0.05, 0) is 42.9 Å². The zero-order chi connectivity index (χ0) is 13.0. The van der Waals surface area contributed by atoms with Gasteiger partial charge in [0, 0.05) is 17.9 Å². The zero-order valence-electron chi connectivity index (χ0n) is 11.7. The van der Waals surface area contributed by atoms with Crippen LogP contribution in [-0.2, 0) is 0 Å². The summed E-state index contributed by atoms with van der Waals surface area (Å²) in [5, 5.41) is 3.53. The SMILES string of the molecule is Cc1c(N)cccc1NCCC1CCC(C)CC1. The molecule has 0 heterocycles. The van der Waals surface area contributed by atoms with Gasteiger partial charge in [-0.2, -0.15) is 0 Å². The summed E-state index contributed by atoms with van der Waals surface area (Å²) in [7, 11) is 0. The number of nitrogens with one attached hydrogen (secondary N) is 1. The number of nitrogen functional groups attached to an aromatic ring is 1. The van der Waals surface area contributed by atoms with E-state index in [0.29, 0.717) is 0 Å². The maximum atomic E-state index is 5.91. The molecule has 0 saturated heterocycles. The highest BCUT2D eigenvalue weighted by Gasteiger charge is 2.17. The number of hydrogen-bond donors (Lipinski definition) is 2. The number of nitrogens with two attached hydrogens (primary N) is 1. The van der Waals surface area contributed by atoms with Gasteiger partial charge < -0.3 is 11.1 Å². The van der Waals surface area contributed by atoms with Crippen LogP contribution in [0.3, 0.4) is 0 Å². The molecule has 0 bridgehead atoms. The lowest BCUT2D eigenvalue weighted by Gasteiger charge is -2.26. The van der Waals surface area contributed by atoms with Gasteiger partial charge in [-0.3, -0.25) is 0 Å². The van der Waals surface area contributed by atoms with Gasteiger partial charge >= 0.3 is 0 Å². The number of benzene rings is 1. The van der Waals surface area contributed by atoms with E-state index in [2.05, 4.69) is 25.2 Å². The highest BCUT2D eigenvalue weighted by atomic mass is 14.9. The third-order valence-electron chi connectivity index (χ3n) is 4.38. The first-order valence-corrected chi connectivity index (χ1v) is 7.25. The predicted octanol–water partition coefficient (Wildman–Crippen LogP) is 4.21. The molecule has 2 heteroatoms. The minimum Gasteiger partial charge on any atom is -0.398 e. The summed E-state index contributed by atoms with van der Waals surface area (Å²) >= 11 is 0. The molecule has 0 atom stereocenters. The van der Waals surface area contributed by atoms with Crippen LogP contribution in [0.2, 0.25) is 0 Å². The van der Waals surface area contributed by atoms with Crippen LogP contribution in [-0.4, -0.2) is 6.54 Å². The quantitative estimate of drug-likeness (QED) is 0.781. The Morgan fingerprint density at radius 2 is 1.94 bits per heavy atom. The van der Waals surface area contributed by atoms with E-state index in [1.54, 1.807) is 0 Å². The van der Waals surface area contributed by atoms with Gasteiger partial charge in [-0.15, -0.1) is 0 Å². The molecule has 0 aromatic heterocycles. The number of anilines is 2. The normalized spacial score (nSPS) is 23.9. The lowest BCUT2D eigenvalue weighted by molar-refractivity contribution is 0.282. The van der Waals surface area contributed by atoms with E-state index in [4.69, 9.17) is 5.73 Å². The highest BCUT2D eigenvalue weighted by molar-refractivity contribution is 5.62. The number of rotatable bonds is 4. The Morgan fingerprint density at radius 1 is 1.22 bits per heavy atom. The molecule has 1 aromatic carbocycles. The number of hydrogen-bond acceptors (Lipinski definition) is 2. The molecule has 1 fully saturated rings. The van der Waals surface area contributed by atoms with E-state index in [1.165, 1.54) is 43.4 Å². The van der Waals surface area contributed by atoms with Crippen LogP contribution < -0.4 is 11.1 Å². The molecule has 1 aromatic rings. The van der Waals surface area contributed by atoms with E-state index >= 15 is 0 Å². The summed E-state index contributed by atoms with van der Waals surface area (Å²) in [6.45, 7) is 5.54. The second-order valence-corrected chi connectivity index (χ2v) is 5.86. The van der Waals surface area contributed by atoms with Crippen molar-refractivity contribution in [2.45, 2.75) is 46.0 Å². The van der Waals surface area contributed by atoms with Gasteiger partial charge in [0.15, 0.2) is 0 Å². The monoisotopic (exact) mass is 246 g/mol. The highest BCUT2D eigenvalue weighted by Crippen LogP contribution is 2.30. The van der Waals surface area contributed by atoms with Gasteiger partial charge in [-0.25, -0.2) is 0 Å². The summed E-state index contributed by atoms with van der Waals surface area (Å²) in [5.74, 6) is 1.88. The maximum Gasteiger partial charge on any atom is 0.0390 e. The summed E-state index contributed by atoms with van der Waals surface area (Å²) < 4.78 is 0. The summed E-state index contributed by atoms with van der Waals surface area (Å²) in [4.78, 5) is 0. The molecule has 3 N–H and O–H groups in total. The van der Waals surface area contributed by atoms with Crippen molar-refractivity contribution in [1.82, 2.24) is 0 Å². The van der Waals surface area contributed by atoms with Crippen molar-refractivity contribution >= 4 is 11.4 Å². The van der Waals surface area contributed by atoms with Crippen LogP contribution in [0.25, 0.3) is 0 Å². The molecule has 0 spiro atoms. The van der Waals surface area contributed by atoms with Crippen LogP contribution in [0.5, 0.6) is 0 Å². The average molecular weight is 246 g/mol. The summed E-state index contributed by atoms with van der Waals surface area (Å²) in [6, 6.07) is 6.10. The molecular weight excluding hydrogens is 220 g/mol. The Morgan fingerprint density at radius 3 is 2.67 bits per heavy atom. The van der Waals surface area contributed by atoms with Crippen LogP contribution in [0.15, 0.2) is 18.2 Å². The van der Waals surface area contributed by atoms with E-state index < -0.39 is 0 Å². The van der Waals surface area contributed by atoms with Crippen molar-refractivity contribution in [3.8, 4) is 0 Å². The van der Waals surface area contributed by atoms with Crippen LogP contribution in [0.1, 0.15) is 44.6 Å². The summed E-state index contributed by atoms with van der Waals surface area (Å²) in [6.07, 6.45) is 6.96. The molecule has 0 radical (unpaired) electrons. The molecule has 18 heavy (non-hydrogen) atoms. The third kappa shape index (κ3) is 3.41. The van der Waals surface area contributed by atoms with Crippen molar-refractivity contribution in [3.05, 3.63) is 23.8 Å². The largest absolute Gasteiger partial charge is 0.398 e. The van der Waals surface area contributed by atoms with Gasteiger partial charge in [0.05, 0.1) is 0 Å². The van der Waals surface area contributed by atoms with E-state index in [9.17, 15) is 0 Å². The molecule has 100 valence electrons. The zero-order valence-corrected chi connectivity index (χ0v) is 11.7. The fraction of sp³-hybridized carbons (Fsp3) is 0.625. The second kappa shape index (κ2) is 6.12. The van der Waals surface area contributed by atoms with Crippen molar-refractivity contribution in [3.63, 3.8) is 0 Å². The maximum absolute atomic E-state index is 5.91. The lowest BCUT2D eigenvalue weighted by Crippen LogP contribution is -2.16. The second-order valence-electron chi connectivity index (χ2n) is 5.86. The first kappa shape index (κ1) is 13.3. The van der Waals surface area contributed by atoms with Crippen molar-refractivity contribution in [2.75, 3.05) is 17.6 Å². The van der Waals surface area contributed by atoms with Crippen molar-refractivity contribution < 1.29 is 0 Å². The van der Waals surface area contributed by atoms with E-state index in [-0.39, 0.29) is 0 Å². The fourth-order valence-corrected chi connectivity index (χ4v) is 2.87. The van der Waals surface area contributed by atoms with Crippen LogP contribution in [0, 0.1) is 18.8 Å². The molecule has 2 rings (SSSR count). The minimum atomic E-state index is 0.881. The first-order valence-electron chi connectivity index (χ1n) is 7.25. The minimum absolute atomic E-state index is 0.881. The first-order chi connectivity index (χ1) is 8.66. The standard InChI is InChI=1S/C16H26N2/c1-12-6-8-14(9-7-12)10-11-18-16-5-3-4-15(17)13(16)2/h3-5,12,14,18H,6-11,17H2,1-2H3. The predicted molar refractivity (Wildman–Crippen MR) is 79.8 cm³/mol. The molecule has 1 aliphatic carbocycles. The molecule has 1 aliphatic rings. The molecule has 0 aliphatic heterocycles. The van der Waals surface area contributed by atoms with Crippen LogP contribution >= 0.6 is 0 Å². The Bertz CT molecular complexity index is 379. The molecule has 2 nitrogen and oxygen atoms in total. The van der Waals surface area contributed by atoms with Crippen molar-refractivity contribution in [1.29, 1.82) is 0 Å². The Kier molecular flexibility index (Phi) is 4.51. The Labute approximate surface area is 111 Å². The Hall–Kier alpha value is -1.18. The average Bonchev–Trinajstić information content (AvgIpc) is 2.37. The van der Waals surface area contributed by atoms with Gasteiger partial charge in [-0.1, -0.05) is 38.7 Å². The molecule has 1 saturated carbocycles. The van der Waals surface area contributed by atoms with E-state index in [0.717, 1.165) is 24.1 Å². The van der Waals surface area contributed by atoms with Crippen LogP contribution in [0.4, 0.5) is 11.4 Å². The lowest BCUT2D eigenvalue weighted by atomic mass is 9.81. The van der Waals surface area contributed by atoms with Gasteiger partial charge in [0.2, 0.25) is 0 Å². The third-order valence-corrected chi connectivity index (χ3v) is 4.38. The summed E-state index contributed by atoms with van der Waals surface area (Å²) in [5.41, 5.74) is 9.16. The molecular formula is C16H26N2. The molecule has 0 unspecified atom stereocenters. The van der Waals surface area contributed by atoms with Crippen molar-refractivity contribution in [2.24, 2.45) is 11.8 Å². The van der Waals surface area contributed by atoms with Gasteiger partial charge in [0.25, 0.3) is 0 Å². The Balaban J connectivity index is 1.77. The topological polar surface area (TPSA) is 38.0 Å². The fourth-order valence-electron chi connectivity index (χ4n) is 2.87. The smallest absolute Gasteiger partial charge is 0.0390 e.